The minimum Gasteiger partial charge on any atom is -0.493 e. The van der Waals surface area contributed by atoms with Crippen molar-refractivity contribution in [2.75, 3.05) is 18.6 Å². The lowest BCUT2D eigenvalue weighted by molar-refractivity contribution is 0.271. The zero-order valence-electron chi connectivity index (χ0n) is 14.7. The van der Waals surface area contributed by atoms with Crippen LogP contribution >= 0.6 is 0 Å². The molecule has 0 saturated heterocycles. The van der Waals surface area contributed by atoms with Crippen LogP contribution < -0.4 is 10.1 Å². The van der Waals surface area contributed by atoms with Gasteiger partial charge < -0.3 is 10.1 Å². The monoisotopic (exact) mass is 345 g/mol. The molecular weight excluding hydrogens is 318 g/mol. The van der Waals surface area contributed by atoms with Crippen LogP contribution in [0.5, 0.6) is 5.75 Å². The first kappa shape index (κ1) is 18.7. The van der Waals surface area contributed by atoms with Crippen LogP contribution in [-0.4, -0.2) is 22.8 Å². The van der Waals surface area contributed by atoms with Crippen molar-refractivity contribution in [3.63, 3.8) is 0 Å². The van der Waals surface area contributed by atoms with Gasteiger partial charge in [-0.2, -0.15) is 0 Å². The van der Waals surface area contributed by atoms with Gasteiger partial charge in [0.05, 0.1) is 6.61 Å². The Morgan fingerprint density at radius 3 is 2.29 bits per heavy atom. The van der Waals surface area contributed by atoms with Crippen LogP contribution in [0.15, 0.2) is 54.6 Å². The lowest BCUT2D eigenvalue weighted by Crippen LogP contribution is -2.25. The molecule has 2 aromatic rings. The van der Waals surface area contributed by atoms with Crippen molar-refractivity contribution < 1.29 is 8.95 Å². The molecule has 0 aliphatic heterocycles. The molecule has 0 unspecified atom stereocenters. The highest BCUT2D eigenvalue weighted by Gasteiger charge is 2.12. The fraction of sp³-hybridized carbons (Fsp3) is 0.400. The van der Waals surface area contributed by atoms with Gasteiger partial charge >= 0.3 is 0 Å². The summed E-state index contributed by atoms with van der Waals surface area (Å²) in [6.07, 6.45) is 1.75. The predicted molar refractivity (Wildman–Crippen MR) is 102 cm³/mol. The van der Waals surface area contributed by atoms with Crippen molar-refractivity contribution >= 4 is 10.8 Å². The molecule has 0 amide bonds. The van der Waals surface area contributed by atoms with E-state index in [9.17, 15) is 4.21 Å². The van der Waals surface area contributed by atoms with Gasteiger partial charge in [-0.1, -0.05) is 56.3 Å². The second kappa shape index (κ2) is 9.60. The molecule has 0 aromatic heterocycles. The fourth-order valence-electron chi connectivity index (χ4n) is 2.40. The van der Waals surface area contributed by atoms with Crippen LogP contribution in [0.4, 0.5) is 0 Å². The van der Waals surface area contributed by atoms with Gasteiger partial charge in [0, 0.05) is 35.4 Å². The van der Waals surface area contributed by atoms with Crippen LogP contribution in [0.25, 0.3) is 0 Å². The summed E-state index contributed by atoms with van der Waals surface area (Å²) >= 11 is 0. The summed E-state index contributed by atoms with van der Waals surface area (Å²) < 4.78 is 17.4. The van der Waals surface area contributed by atoms with Gasteiger partial charge in [-0.3, -0.25) is 4.21 Å². The summed E-state index contributed by atoms with van der Waals surface area (Å²) in [6.45, 7) is 5.75. The van der Waals surface area contributed by atoms with Gasteiger partial charge in [0.1, 0.15) is 5.75 Å². The molecule has 2 rings (SSSR count). The summed E-state index contributed by atoms with van der Waals surface area (Å²) in [7, 11) is -0.847. The average molecular weight is 346 g/mol. The topological polar surface area (TPSA) is 38.3 Å². The molecule has 2 aromatic carbocycles. The first-order valence-electron chi connectivity index (χ1n) is 8.34. The Labute approximate surface area is 147 Å². The Morgan fingerprint density at radius 2 is 1.71 bits per heavy atom. The number of hydrogen-bond donors (Lipinski definition) is 1. The lowest BCUT2D eigenvalue weighted by atomic mass is 10.1. The highest BCUT2D eigenvalue weighted by atomic mass is 32.2. The summed E-state index contributed by atoms with van der Waals surface area (Å²) in [5.41, 5.74) is 2.36. The molecule has 0 aliphatic rings. The Kier molecular flexibility index (Phi) is 7.47. The molecule has 4 heteroatoms. The van der Waals surface area contributed by atoms with Gasteiger partial charge in [0.15, 0.2) is 0 Å². The molecule has 3 nitrogen and oxygen atoms in total. The Bertz CT molecular complexity index is 626. The van der Waals surface area contributed by atoms with Crippen molar-refractivity contribution in [2.24, 2.45) is 5.92 Å². The smallest absolute Gasteiger partial charge is 0.119 e. The van der Waals surface area contributed by atoms with Crippen LogP contribution in [0.1, 0.15) is 31.0 Å². The van der Waals surface area contributed by atoms with E-state index < -0.39 is 10.8 Å². The maximum Gasteiger partial charge on any atom is 0.119 e. The van der Waals surface area contributed by atoms with Gasteiger partial charge in [-0.25, -0.2) is 0 Å². The van der Waals surface area contributed by atoms with Crippen LogP contribution in [0.3, 0.4) is 0 Å². The Balaban J connectivity index is 1.95. The van der Waals surface area contributed by atoms with E-state index in [1.54, 1.807) is 6.26 Å². The van der Waals surface area contributed by atoms with E-state index in [2.05, 4.69) is 43.4 Å². The molecular formula is C20H27NO2S. The Hall–Kier alpha value is -1.65. The zero-order valence-corrected chi connectivity index (χ0v) is 15.5. The highest BCUT2D eigenvalue weighted by molar-refractivity contribution is 7.84. The molecule has 1 N–H and O–H groups in total. The van der Waals surface area contributed by atoms with E-state index in [1.807, 2.05) is 30.3 Å². The highest BCUT2D eigenvalue weighted by Crippen LogP contribution is 2.17. The van der Waals surface area contributed by atoms with E-state index >= 15 is 0 Å². The molecule has 130 valence electrons. The average Bonchev–Trinajstić information content (AvgIpc) is 2.58. The van der Waals surface area contributed by atoms with E-state index in [1.165, 1.54) is 11.1 Å². The number of ether oxygens (including phenoxy) is 1. The van der Waals surface area contributed by atoms with Crippen molar-refractivity contribution in [3.05, 3.63) is 65.7 Å². The maximum atomic E-state index is 11.7. The third kappa shape index (κ3) is 6.46. The van der Waals surface area contributed by atoms with E-state index in [4.69, 9.17) is 4.74 Å². The maximum absolute atomic E-state index is 11.7. The standard InChI is InChI=1S/C20H27NO2S/c1-16(2)14-23-19-11-9-17(10-12-19)13-21-20(15-24(3)22)18-7-5-4-6-8-18/h4-12,16,20-21H,13-15H2,1-3H3/t20-,24-/m1/s1. The predicted octanol–water partition coefficient (Wildman–Crippen LogP) is 3.93. The van der Waals surface area contributed by atoms with E-state index in [-0.39, 0.29) is 6.04 Å². The van der Waals surface area contributed by atoms with E-state index in [0.29, 0.717) is 11.7 Å². The normalized spacial score (nSPS) is 13.7. The summed E-state index contributed by atoms with van der Waals surface area (Å²) in [5.74, 6) is 2.04. The summed E-state index contributed by atoms with van der Waals surface area (Å²) in [6, 6.07) is 18.5. The zero-order chi connectivity index (χ0) is 17.4. The lowest BCUT2D eigenvalue weighted by Gasteiger charge is -2.18. The van der Waals surface area contributed by atoms with Crippen molar-refractivity contribution in [1.29, 1.82) is 0 Å². The van der Waals surface area contributed by atoms with Crippen molar-refractivity contribution in [1.82, 2.24) is 5.32 Å². The van der Waals surface area contributed by atoms with Crippen molar-refractivity contribution in [3.8, 4) is 5.75 Å². The van der Waals surface area contributed by atoms with Gasteiger partial charge in [0.2, 0.25) is 0 Å². The van der Waals surface area contributed by atoms with Gasteiger partial charge in [-0.05, 0) is 29.2 Å². The quantitative estimate of drug-likeness (QED) is 0.748. The van der Waals surface area contributed by atoms with Crippen LogP contribution in [-0.2, 0) is 17.3 Å². The second-order valence-electron chi connectivity index (χ2n) is 6.43. The molecule has 2 atom stereocenters. The second-order valence-corrected chi connectivity index (χ2v) is 7.91. The largest absolute Gasteiger partial charge is 0.493 e. The molecule has 0 aliphatic carbocycles. The molecule has 0 fully saturated rings. The minimum atomic E-state index is -0.847. The molecule has 0 heterocycles. The third-order valence-electron chi connectivity index (χ3n) is 3.66. The van der Waals surface area contributed by atoms with Gasteiger partial charge in [0.25, 0.3) is 0 Å². The fourth-order valence-corrected chi connectivity index (χ4v) is 3.18. The Morgan fingerprint density at radius 1 is 1.04 bits per heavy atom. The van der Waals surface area contributed by atoms with Crippen LogP contribution in [0, 0.1) is 5.92 Å². The number of nitrogens with one attached hydrogen (secondary N) is 1. The van der Waals surface area contributed by atoms with Gasteiger partial charge in [-0.15, -0.1) is 0 Å². The molecule has 0 spiro atoms. The molecule has 0 bridgehead atoms. The third-order valence-corrected chi connectivity index (χ3v) is 4.47. The summed E-state index contributed by atoms with van der Waals surface area (Å²) in [4.78, 5) is 0. The van der Waals surface area contributed by atoms with Crippen LogP contribution in [0.2, 0.25) is 0 Å². The first-order chi connectivity index (χ1) is 11.5. The SMILES string of the molecule is CC(C)COc1ccc(CN[C@H](C[S@@](C)=O)c2ccccc2)cc1. The molecule has 24 heavy (non-hydrogen) atoms. The number of hydrogen-bond acceptors (Lipinski definition) is 3. The number of rotatable bonds is 9. The first-order valence-corrected chi connectivity index (χ1v) is 10.1. The van der Waals surface area contributed by atoms with Crippen molar-refractivity contribution in [2.45, 2.75) is 26.4 Å². The number of benzene rings is 2. The van der Waals surface area contributed by atoms with E-state index in [0.717, 1.165) is 18.9 Å². The summed E-state index contributed by atoms with van der Waals surface area (Å²) in [5, 5.41) is 3.52. The molecule has 0 radical (unpaired) electrons. The minimum absolute atomic E-state index is 0.0916. The molecule has 0 saturated carbocycles.